The molecule has 0 saturated carbocycles. The molecular weight excluding hydrogens is 200 g/mol. The van der Waals surface area contributed by atoms with Crippen LogP contribution < -0.4 is 0 Å². The van der Waals surface area contributed by atoms with E-state index in [0.29, 0.717) is 5.56 Å². The SMILES string of the molecule is O=S(=O)(F)/N=C/c1ccc(F)cc1. The fourth-order valence-corrected chi connectivity index (χ4v) is 0.920. The van der Waals surface area contributed by atoms with E-state index in [0.717, 1.165) is 18.3 Å². The van der Waals surface area contributed by atoms with Crippen molar-refractivity contribution >= 4 is 16.6 Å². The molecule has 0 fully saturated rings. The van der Waals surface area contributed by atoms with Crippen LogP contribution in [-0.2, 0) is 10.4 Å². The van der Waals surface area contributed by atoms with E-state index in [1.165, 1.54) is 12.1 Å². The Morgan fingerprint density at radius 1 is 1.23 bits per heavy atom. The van der Waals surface area contributed by atoms with Crippen LogP contribution in [0, 0.1) is 5.82 Å². The Balaban J connectivity index is 2.88. The molecular formula is C7H5F2NO2S. The largest absolute Gasteiger partial charge is 0.417 e. The Labute approximate surface area is 74.1 Å². The van der Waals surface area contributed by atoms with Crippen molar-refractivity contribution in [1.82, 2.24) is 0 Å². The summed E-state index contributed by atoms with van der Waals surface area (Å²) in [5.41, 5.74) is 0.308. The molecule has 0 radical (unpaired) electrons. The lowest BCUT2D eigenvalue weighted by molar-refractivity contribution is 0.554. The standard InChI is InChI=1S/C7H5F2NO2S/c8-7-3-1-6(2-4-7)5-10-13(9,11)12/h1-5H/b10-5+. The predicted octanol–water partition coefficient (Wildman–Crippen LogP) is 1.46. The fourth-order valence-electron chi connectivity index (χ4n) is 0.673. The summed E-state index contributed by atoms with van der Waals surface area (Å²) in [6.07, 6.45) is 0.800. The first-order valence-electron chi connectivity index (χ1n) is 3.23. The van der Waals surface area contributed by atoms with Crippen LogP contribution in [0.3, 0.4) is 0 Å². The minimum atomic E-state index is -4.86. The Morgan fingerprint density at radius 2 is 1.77 bits per heavy atom. The molecule has 6 heteroatoms. The first-order valence-corrected chi connectivity index (χ1v) is 4.57. The quantitative estimate of drug-likeness (QED) is 0.542. The third kappa shape index (κ3) is 3.75. The van der Waals surface area contributed by atoms with Gasteiger partial charge < -0.3 is 0 Å². The van der Waals surface area contributed by atoms with E-state index in [1.54, 1.807) is 0 Å². The van der Waals surface area contributed by atoms with Gasteiger partial charge in [-0.05, 0) is 17.7 Å². The van der Waals surface area contributed by atoms with Crippen molar-refractivity contribution in [3.05, 3.63) is 35.6 Å². The number of hydrogen-bond acceptors (Lipinski definition) is 2. The zero-order chi connectivity index (χ0) is 9.90. The number of hydrogen-bond donors (Lipinski definition) is 0. The zero-order valence-corrected chi connectivity index (χ0v) is 7.13. The van der Waals surface area contributed by atoms with Crippen LogP contribution in [0.5, 0.6) is 0 Å². The van der Waals surface area contributed by atoms with Gasteiger partial charge in [-0.3, -0.25) is 0 Å². The van der Waals surface area contributed by atoms with E-state index in [9.17, 15) is 16.7 Å². The normalized spacial score (nSPS) is 12.2. The average molecular weight is 205 g/mol. The highest BCUT2D eigenvalue weighted by Crippen LogP contribution is 2.01. The van der Waals surface area contributed by atoms with Crippen LogP contribution in [0.4, 0.5) is 8.28 Å². The molecule has 0 bridgehead atoms. The van der Waals surface area contributed by atoms with Crippen molar-refractivity contribution in [3.8, 4) is 0 Å². The molecule has 0 heterocycles. The first-order chi connectivity index (χ1) is 5.97. The van der Waals surface area contributed by atoms with Crippen LogP contribution in [0.2, 0.25) is 0 Å². The molecule has 0 unspecified atom stereocenters. The number of nitrogens with zero attached hydrogens (tertiary/aromatic N) is 1. The zero-order valence-electron chi connectivity index (χ0n) is 6.31. The highest BCUT2D eigenvalue weighted by Gasteiger charge is 1.99. The number of benzene rings is 1. The topological polar surface area (TPSA) is 46.5 Å². The Kier molecular flexibility index (Phi) is 2.72. The molecule has 0 amide bonds. The summed E-state index contributed by atoms with van der Waals surface area (Å²) in [6.45, 7) is 0. The summed E-state index contributed by atoms with van der Waals surface area (Å²) < 4.78 is 46.7. The molecule has 0 saturated heterocycles. The van der Waals surface area contributed by atoms with Crippen LogP contribution in [0.25, 0.3) is 0 Å². The fraction of sp³-hybridized carbons (Fsp3) is 0. The highest BCUT2D eigenvalue weighted by atomic mass is 32.3. The van der Waals surface area contributed by atoms with E-state index in [4.69, 9.17) is 0 Å². The van der Waals surface area contributed by atoms with Gasteiger partial charge in [0.1, 0.15) is 5.82 Å². The lowest BCUT2D eigenvalue weighted by atomic mass is 10.2. The van der Waals surface area contributed by atoms with Gasteiger partial charge in [0.2, 0.25) is 0 Å². The average Bonchev–Trinajstić information content (AvgIpc) is 2.02. The lowest BCUT2D eigenvalue weighted by Crippen LogP contribution is -1.87. The molecule has 0 aliphatic carbocycles. The first kappa shape index (κ1) is 9.79. The number of rotatable bonds is 2. The van der Waals surface area contributed by atoms with Crippen molar-refractivity contribution < 1.29 is 16.7 Å². The predicted molar refractivity (Wildman–Crippen MR) is 44.0 cm³/mol. The molecule has 1 rings (SSSR count). The van der Waals surface area contributed by atoms with Gasteiger partial charge in [-0.25, -0.2) is 4.39 Å². The molecule has 1 aromatic rings. The van der Waals surface area contributed by atoms with Crippen molar-refractivity contribution in [1.29, 1.82) is 0 Å². The maximum atomic E-state index is 12.3. The maximum Gasteiger partial charge on any atom is 0.417 e. The summed E-state index contributed by atoms with van der Waals surface area (Å²) in [5.74, 6) is -0.458. The van der Waals surface area contributed by atoms with Crippen LogP contribution in [0.15, 0.2) is 28.7 Å². The van der Waals surface area contributed by atoms with Gasteiger partial charge in [0.25, 0.3) is 0 Å². The molecule has 1 aromatic carbocycles. The van der Waals surface area contributed by atoms with Crippen molar-refractivity contribution in [2.75, 3.05) is 0 Å². The van der Waals surface area contributed by atoms with Crippen molar-refractivity contribution in [2.45, 2.75) is 0 Å². The Bertz CT molecular complexity index is 411. The molecule has 0 aliphatic heterocycles. The molecule has 3 nitrogen and oxygen atoms in total. The van der Waals surface area contributed by atoms with E-state index < -0.39 is 16.2 Å². The van der Waals surface area contributed by atoms with E-state index in [1.807, 2.05) is 0 Å². The Hall–Kier alpha value is -1.30. The van der Waals surface area contributed by atoms with E-state index >= 15 is 0 Å². The van der Waals surface area contributed by atoms with Crippen LogP contribution in [0.1, 0.15) is 5.56 Å². The second-order valence-electron chi connectivity index (χ2n) is 2.20. The molecule has 0 spiro atoms. The van der Waals surface area contributed by atoms with Crippen LogP contribution in [-0.4, -0.2) is 14.6 Å². The van der Waals surface area contributed by atoms with Crippen molar-refractivity contribution in [2.24, 2.45) is 4.40 Å². The maximum absolute atomic E-state index is 12.3. The second kappa shape index (κ2) is 3.61. The third-order valence-corrected chi connectivity index (χ3v) is 1.55. The molecule has 13 heavy (non-hydrogen) atoms. The summed E-state index contributed by atoms with van der Waals surface area (Å²) in [5, 5.41) is 0. The highest BCUT2D eigenvalue weighted by molar-refractivity contribution is 7.85. The van der Waals surface area contributed by atoms with E-state index in [2.05, 4.69) is 4.40 Å². The Morgan fingerprint density at radius 3 is 2.23 bits per heavy atom. The summed E-state index contributed by atoms with van der Waals surface area (Å²) in [6, 6.07) is 4.80. The minimum Gasteiger partial charge on any atom is -0.207 e. The van der Waals surface area contributed by atoms with Gasteiger partial charge in [0.05, 0.1) is 6.21 Å². The molecule has 0 atom stereocenters. The van der Waals surface area contributed by atoms with Crippen molar-refractivity contribution in [3.63, 3.8) is 0 Å². The number of halogens is 2. The summed E-state index contributed by atoms with van der Waals surface area (Å²) in [4.78, 5) is 0. The molecule has 0 aromatic heterocycles. The smallest absolute Gasteiger partial charge is 0.207 e. The lowest BCUT2D eigenvalue weighted by Gasteiger charge is -1.90. The van der Waals surface area contributed by atoms with E-state index in [-0.39, 0.29) is 0 Å². The third-order valence-electron chi connectivity index (χ3n) is 1.20. The van der Waals surface area contributed by atoms with Gasteiger partial charge >= 0.3 is 10.4 Å². The van der Waals surface area contributed by atoms with Gasteiger partial charge in [-0.1, -0.05) is 16.0 Å². The molecule has 70 valence electrons. The summed E-state index contributed by atoms with van der Waals surface area (Å²) in [7, 11) is -4.86. The molecule has 0 N–H and O–H groups in total. The summed E-state index contributed by atoms with van der Waals surface area (Å²) >= 11 is 0. The van der Waals surface area contributed by atoms with Gasteiger partial charge in [0.15, 0.2) is 0 Å². The van der Waals surface area contributed by atoms with Gasteiger partial charge in [0, 0.05) is 0 Å². The van der Waals surface area contributed by atoms with Gasteiger partial charge in [-0.15, -0.1) is 4.40 Å². The second-order valence-corrected chi connectivity index (χ2v) is 3.23. The van der Waals surface area contributed by atoms with Crippen LogP contribution >= 0.6 is 0 Å². The van der Waals surface area contributed by atoms with Gasteiger partial charge in [-0.2, -0.15) is 8.42 Å². The monoisotopic (exact) mass is 205 g/mol. The molecule has 0 aliphatic rings. The minimum absolute atomic E-state index is 0.308.